The van der Waals surface area contributed by atoms with Gasteiger partial charge in [-0.15, -0.1) is 0 Å². The molecule has 164 valence electrons. The second-order valence-corrected chi connectivity index (χ2v) is 7.72. The molecule has 9 heteroatoms. The van der Waals surface area contributed by atoms with E-state index in [1.807, 2.05) is 4.90 Å². The summed E-state index contributed by atoms with van der Waals surface area (Å²) in [6, 6.07) is 8.62. The van der Waals surface area contributed by atoms with Crippen molar-refractivity contribution in [1.29, 1.82) is 0 Å². The molecule has 8 nitrogen and oxygen atoms in total. The molecule has 4 rings (SSSR count). The maximum atomic E-state index is 14.0. The van der Waals surface area contributed by atoms with E-state index in [4.69, 9.17) is 4.74 Å². The van der Waals surface area contributed by atoms with E-state index >= 15 is 0 Å². The zero-order chi connectivity index (χ0) is 21.8. The molecule has 2 heterocycles. The van der Waals surface area contributed by atoms with Gasteiger partial charge in [-0.05, 0) is 43.5 Å². The first-order valence-corrected chi connectivity index (χ1v) is 10.5. The fourth-order valence-electron chi connectivity index (χ4n) is 4.11. The van der Waals surface area contributed by atoms with Crippen molar-refractivity contribution in [2.45, 2.75) is 19.3 Å². The van der Waals surface area contributed by atoms with Gasteiger partial charge in [-0.2, -0.15) is 0 Å². The van der Waals surface area contributed by atoms with Crippen LogP contribution in [-0.2, 0) is 4.74 Å². The molecule has 2 aliphatic heterocycles. The second kappa shape index (κ2) is 9.30. The lowest BCUT2D eigenvalue weighted by Crippen LogP contribution is -2.37. The fraction of sp³-hybridized carbons (Fsp3) is 0.409. The highest BCUT2D eigenvalue weighted by Crippen LogP contribution is 2.32. The third kappa shape index (κ3) is 4.77. The maximum Gasteiger partial charge on any atom is 0.270 e. The van der Waals surface area contributed by atoms with Crippen LogP contribution in [0, 0.1) is 15.9 Å². The van der Waals surface area contributed by atoms with Crippen LogP contribution in [0.4, 0.5) is 27.1 Å². The summed E-state index contributed by atoms with van der Waals surface area (Å²) in [5.41, 5.74) is 1.74. The first kappa shape index (κ1) is 21.0. The van der Waals surface area contributed by atoms with Crippen LogP contribution in [0.1, 0.15) is 29.6 Å². The van der Waals surface area contributed by atoms with Gasteiger partial charge in [-0.1, -0.05) is 0 Å². The number of hydrogen-bond acceptors (Lipinski definition) is 6. The van der Waals surface area contributed by atoms with E-state index in [0.29, 0.717) is 37.7 Å². The molecule has 0 saturated carbocycles. The maximum absolute atomic E-state index is 14.0. The number of piperidine rings is 1. The van der Waals surface area contributed by atoms with Crippen molar-refractivity contribution in [3.05, 3.63) is 57.9 Å². The zero-order valence-corrected chi connectivity index (χ0v) is 17.2. The van der Waals surface area contributed by atoms with Crippen LogP contribution in [0.3, 0.4) is 0 Å². The van der Waals surface area contributed by atoms with Gasteiger partial charge in [0, 0.05) is 38.3 Å². The molecule has 0 aliphatic carbocycles. The summed E-state index contributed by atoms with van der Waals surface area (Å²) < 4.78 is 19.4. The number of nitrogens with zero attached hydrogens (tertiary/aromatic N) is 3. The molecular weight excluding hydrogens is 403 g/mol. The standard InChI is InChI=1S/C22H25FN4O4/c23-16-4-6-21(25-8-2-1-3-9-25)19(14-16)24-22(28)18-15-17(27(29)30)5-7-20(18)26-10-12-31-13-11-26/h4-7,14-15H,1-3,8-13H2,(H,24,28). The van der Waals surface area contributed by atoms with Crippen LogP contribution in [0.5, 0.6) is 0 Å². The van der Waals surface area contributed by atoms with Crippen LogP contribution in [0.2, 0.25) is 0 Å². The minimum atomic E-state index is -0.527. The molecule has 2 fully saturated rings. The van der Waals surface area contributed by atoms with Gasteiger partial charge < -0.3 is 19.9 Å². The number of halogens is 1. The number of non-ortho nitro benzene ring substituents is 1. The summed E-state index contributed by atoms with van der Waals surface area (Å²) in [5.74, 6) is -0.961. The smallest absolute Gasteiger partial charge is 0.270 e. The quantitative estimate of drug-likeness (QED) is 0.576. The van der Waals surface area contributed by atoms with Crippen molar-refractivity contribution in [3.63, 3.8) is 0 Å². The Hall–Kier alpha value is -3.20. The highest BCUT2D eigenvalue weighted by Gasteiger charge is 2.24. The van der Waals surface area contributed by atoms with E-state index in [-0.39, 0.29) is 11.3 Å². The lowest BCUT2D eigenvalue weighted by Gasteiger charge is -2.31. The molecule has 0 unspecified atom stereocenters. The van der Waals surface area contributed by atoms with Crippen LogP contribution >= 0.6 is 0 Å². The predicted molar refractivity (Wildman–Crippen MR) is 117 cm³/mol. The van der Waals surface area contributed by atoms with Gasteiger partial charge in [0.05, 0.1) is 40.8 Å². The number of rotatable bonds is 5. The van der Waals surface area contributed by atoms with Crippen molar-refractivity contribution >= 4 is 28.7 Å². The molecule has 2 aliphatic rings. The molecule has 31 heavy (non-hydrogen) atoms. The van der Waals surface area contributed by atoms with Crippen molar-refractivity contribution in [2.75, 3.05) is 54.5 Å². The number of morpholine rings is 1. The number of ether oxygens (including phenoxy) is 1. The largest absolute Gasteiger partial charge is 0.378 e. The molecule has 1 amide bonds. The normalized spacial score (nSPS) is 16.8. The van der Waals surface area contributed by atoms with Crippen molar-refractivity contribution in [2.24, 2.45) is 0 Å². The average Bonchev–Trinajstić information content (AvgIpc) is 2.80. The number of amides is 1. The molecular formula is C22H25FN4O4. The summed E-state index contributed by atoms with van der Waals surface area (Å²) in [5, 5.41) is 14.1. The van der Waals surface area contributed by atoms with E-state index in [1.54, 1.807) is 12.1 Å². The molecule has 0 radical (unpaired) electrons. The van der Waals surface area contributed by atoms with Gasteiger partial charge in [0.2, 0.25) is 0 Å². The molecule has 1 N–H and O–H groups in total. The summed E-state index contributed by atoms with van der Waals surface area (Å²) in [4.78, 5) is 28.2. The Kier molecular flexibility index (Phi) is 6.31. The lowest BCUT2D eigenvalue weighted by atomic mass is 10.1. The lowest BCUT2D eigenvalue weighted by molar-refractivity contribution is -0.384. The van der Waals surface area contributed by atoms with Gasteiger partial charge >= 0.3 is 0 Å². The number of anilines is 3. The number of benzene rings is 2. The number of hydrogen-bond donors (Lipinski definition) is 1. The number of nitro benzene ring substituents is 1. The number of carbonyl (C=O) groups excluding carboxylic acids is 1. The Balaban J connectivity index is 1.67. The van der Waals surface area contributed by atoms with E-state index in [1.165, 1.54) is 24.3 Å². The zero-order valence-electron chi connectivity index (χ0n) is 17.2. The summed E-state index contributed by atoms with van der Waals surface area (Å²) >= 11 is 0. The van der Waals surface area contributed by atoms with Crippen molar-refractivity contribution in [1.82, 2.24) is 0 Å². The van der Waals surface area contributed by atoms with Crippen LogP contribution in [0.15, 0.2) is 36.4 Å². The van der Waals surface area contributed by atoms with Gasteiger partial charge in [0.25, 0.3) is 11.6 Å². The van der Waals surface area contributed by atoms with Gasteiger partial charge in [-0.25, -0.2) is 4.39 Å². The van der Waals surface area contributed by atoms with Crippen LogP contribution in [0.25, 0.3) is 0 Å². The minimum absolute atomic E-state index is 0.169. The van der Waals surface area contributed by atoms with Gasteiger partial charge in [0.1, 0.15) is 5.82 Å². The van der Waals surface area contributed by atoms with E-state index in [2.05, 4.69) is 10.2 Å². The second-order valence-electron chi connectivity index (χ2n) is 7.72. The van der Waals surface area contributed by atoms with Crippen molar-refractivity contribution < 1.29 is 18.8 Å². The van der Waals surface area contributed by atoms with Crippen LogP contribution in [-0.4, -0.2) is 50.2 Å². The van der Waals surface area contributed by atoms with Crippen molar-refractivity contribution in [3.8, 4) is 0 Å². The molecule has 0 spiro atoms. The number of carbonyl (C=O) groups is 1. The van der Waals surface area contributed by atoms with Gasteiger partial charge in [-0.3, -0.25) is 14.9 Å². The third-order valence-electron chi connectivity index (χ3n) is 5.69. The number of nitrogens with one attached hydrogen (secondary N) is 1. The summed E-state index contributed by atoms with van der Waals surface area (Å²) in [7, 11) is 0. The number of nitro groups is 1. The first-order valence-electron chi connectivity index (χ1n) is 10.5. The summed E-state index contributed by atoms with van der Waals surface area (Å²) in [6.07, 6.45) is 3.23. The Morgan fingerprint density at radius 3 is 2.35 bits per heavy atom. The Morgan fingerprint density at radius 1 is 0.968 bits per heavy atom. The molecule has 2 aromatic rings. The van der Waals surface area contributed by atoms with E-state index < -0.39 is 16.6 Å². The average molecular weight is 428 g/mol. The Morgan fingerprint density at radius 2 is 1.65 bits per heavy atom. The molecule has 2 saturated heterocycles. The monoisotopic (exact) mass is 428 g/mol. The van der Waals surface area contributed by atoms with E-state index in [9.17, 15) is 19.3 Å². The highest BCUT2D eigenvalue weighted by molar-refractivity contribution is 6.10. The first-order chi connectivity index (χ1) is 15.0. The fourth-order valence-corrected chi connectivity index (χ4v) is 4.11. The molecule has 2 aromatic carbocycles. The third-order valence-corrected chi connectivity index (χ3v) is 5.69. The predicted octanol–water partition coefficient (Wildman–Crippen LogP) is 3.81. The van der Waals surface area contributed by atoms with E-state index in [0.717, 1.165) is 38.0 Å². The minimum Gasteiger partial charge on any atom is -0.378 e. The Labute approximate surface area is 179 Å². The Bertz CT molecular complexity index is 972. The summed E-state index contributed by atoms with van der Waals surface area (Å²) in [6.45, 7) is 3.87. The highest BCUT2D eigenvalue weighted by atomic mass is 19.1. The molecule has 0 bridgehead atoms. The molecule has 0 atom stereocenters. The van der Waals surface area contributed by atoms with Gasteiger partial charge in [0.15, 0.2) is 0 Å². The topological polar surface area (TPSA) is 88.0 Å². The SMILES string of the molecule is O=C(Nc1cc(F)ccc1N1CCCCC1)c1cc([N+](=O)[O-])ccc1N1CCOCC1. The molecule has 0 aromatic heterocycles. The van der Waals surface area contributed by atoms with Crippen LogP contribution < -0.4 is 15.1 Å².